The second-order valence-electron chi connectivity index (χ2n) is 5.45. The molecule has 1 aliphatic rings. The third kappa shape index (κ3) is 4.27. The van der Waals surface area contributed by atoms with Crippen LogP contribution in [0.3, 0.4) is 0 Å². The second kappa shape index (κ2) is 8.11. The number of carbonyl (C=O) groups is 3. The van der Waals surface area contributed by atoms with E-state index in [0.717, 1.165) is 22.3 Å². The summed E-state index contributed by atoms with van der Waals surface area (Å²) in [6.45, 7) is 0. The molecule has 6 nitrogen and oxygen atoms in total. The standard InChI is InChI=1S/C18H15N3O3S2/c22-15(20-17(25)19-12-7-3-1-4-8-12)11-14-16(23)21(18(24)26-14)13-9-5-2-6-10-13/h1-10,14H,11H2,(H2,19,20,22,25). The largest absolute Gasteiger partial charge is 0.332 e. The van der Waals surface area contributed by atoms with E-state index < -0.39 is 17.1 Å². The SMILES string of the molecule is O=C(CC1SC(=O)N(c2ccccc2)C1=O)NC(=S)Nc1ccccc1. The van der Waals surface area contributed by atoms with Crippen molar-refractivity contribution in [1.29, 1.82) is 0 Å². The Morgan fingerprint density at radius 2 is 1.65 bits per heavy atom. The van der Waals surface area contributed by atoms with Crippen LogP contribution < -0.4 is 15.5 Å². The molecule has 0 spiro atoms. The minimum atomic E-state index is -0.762. The van der Waals surface area contributed by atoms with Gasteiger partial charge in [-0.15, -0.1) is 0 Å². The number of rotatable bonds is 4. The molecule has 1 fully saturated rings. The molecule has 3 amide bonds. The lowest BCUT2D eigenvalue weighted by atomic mass is 10.2. The lowest BCUT2D eigenvalue weighted by Crippen LogP contribution is -2.38. The number of hydrogen-bond acceptors (Lipinski definition) is 5. The van der Waals surface area contributed by atoms with Gasteiger partial charge in [0.15, 0.2) is 5.11 Å². The number of amides is 3. The molecule has 0 aliphatic carbocycles. The Labute approximate surface area is 159 Å². The second-order valence-corrected chi connectivity index (χ2v) is 7.02. The lowest BCUT2D eigenvalue weighted by molar-refractivity contribution is -0.123. The van der Waals surface area contributed by atoms with Crippen molar-refractivity contribution in [2.45, 2.75) is 11.7 Å². The predicted molar refractivity (Wildman–Crippen MR) is 106 cm³/mol. The van der Waals surface area contributed by atoms with Crippen LogP contribution in [0.15, 0.2) is 60.7 Å². The van der Waals surface area contributed by atoms with E-state index in [4.69, 9.17) is 12.2 Å². The summed E-state index contributed by atoms with van der Waals surface area (Å²) in [5, 5.41) is 4.41. The van der Waals surface area contributed by atoms with Crippen LogP contribution in [-0.4, -0.2) is 27.4 Å². The van der Waals surface area contributed by atoms with Crippen LogP contribution >= 0.6 is 24.0 Å². The zero-order chi connectivity index (χ0) is 18.5. The molecule has 0 bridgehead atoms. The number of hydrogen-bond donors (Lipinski definition) is 2. The van der Waals surface area contributed by atoms with Crippen molar-refractivity contribution in [2.75, 3.05) is 10.2 Å². The van der Waals surface area contributed by atoms with Gasteiger partial charge in [-0.2, -0.15) is 0 Å². The molecule has 0 saturated carbocycles. The Hall–Kier alpha value is -2.71. The van der Waals surface area contributed by atoms with Gasteiger partial charge < -0.3 is 10.6 Å². The summed E-state index contributed by atoms with van der Waals surface area (Å²) in [6.07, 6.45) is -0.130. The van der Waals surface area contributed by atoms with E-state index >= 15 is 0 Å². The van der Waals surface area contributed by atoms with Crippen molar-refractivity contribution in [3.63, 3.8) is 0 Å². The van der Waals surface area contributed by atoms with Crippen LogP contribution in [0.2, 0.25) is 0 Å². The highest BCUT2D eigenvalue weighted by molar-refractivity contribution is 8.15. The molecule has 3 rings (SSSR count). The fraction of sp³-hybridized carbons (Fsp3) is 0.111. The quantitative estimate of drug-likeness (QED) is 0.787. The van der Waals surface area contributed by atoms with E-state index in [1.807, 2.05) is 30.3 Å². The first-order valence-corrected chi connectivity index (χ1v) is 9.09. The molecule has 1 saturated heterocycles. The number of benzene rings is 2. The van der Waals surface area contributed by atoms with Crippen molar-refractivity contribution >= 4 is 57.5 Å². The average Bonchev–Trinajstić information content (AvgIpc) is 2.89. The topological polar surface area (TPSA) is 78.5 Å². The van der Waals surface area contributed by atoms with E-state index in [1.54, 1.807) is 30.3 Å². The van der Waals surface area contributed by atoms with E-state index in [0.29, 0.717) is 5.69 Å². The van der Waals surface area contributed by atoms with Gasteiger partial charge in [-0.1, -0.05) is 36.4 Å². The van der Waals surface area contributed by atoms with Gasteiger partial charge in [0.1, 0.15) is 5.25 Å². The van der Waals surface area contributed by atoms with Gasteiger partial charge >= 0.3 is 0 Å². The first-order chi connectivity index (χ1) is 12.5. The highest BCUT2D eigenvalue weighted by Crippen LogP contribution is 2.33. The Bertz CT molecular complexity index is 843. The molecule has 2 aromatic carbocycles. The fourth-order valence-electron chi connectivity index (χ4n) is 2.43. The molecule has 2 N–H and O–H groups in total. The Kier molecular flexibility index (Phi) is 5.65. The van der Waals surface area contributed by atoms with Crippen molar-refractivity contribution in [3.05, 3.63) is 60.7 Å². The number of imide groups is 1. The van der Waals surface area contributed by atoms with Crippen molar-refractivity contribution in [2.24, 2.45) is 0 Å². The zero-order valence-electron chi connectivity index (χ0n) is 13.5. The van der Waals surface area contributed by atoms with E-state index in [9.17, 15) is 14.4 Å². The van der Waals surface area contributed by atoms with Crippen LogP contribution in [0.5, 0.6) is 0 Å². The molecule has 0 aromatic heterocycles. The minimum absolute atomic E-state index is 0.130. The van der Waals surface area contributed by atoms with Crippen LogP contribution in [0.25, 0.3) is 0 Å². The number of anilines is 2. The van der Waals surface area contributed by atoms with Crippen molar-refractivity contribution < 1.29 is 14.4 Å². The van der Waals surface area contributed by atoms with Crippen molar-refractivity contribution in [1.82, 2.24) is 5.32 Å². The van der Waals surface area contributed by atoms with E-state index in [1.165, 1.54) is 0 Å². The molecular weight excluding hydrogens is 370 g/mol. The summed E-state index contributed by atoms with van der Waals surface area (Å²) in [7, 11) is 0. The third-order valence-electron chi connectivity index (χ3n) is 3.59. The molecule has 8 heteroatoms. The normalized spacial score (nSPS) is 16.5. The maximum Gasteiger partial charge on any atom is 0.293 e. The lowest BCUT2D eigenvalue weighted by Gasteiger charge is -2.14. The molecule has 1 heterocycles. The summed E-state index contributed by atoms with van der Waals surface area (Å²) in [5.41, 5.74) is 1.24. The molecule has 0 radical (unpaired) electrons. The summed E-state index contributed by atoms with van der Waals surface area (Å²) in [5.74, 6) is -0.824. The molecule has 1 unspecified atom stereocenters. The van der Waals surface area contributed by atoms with Gasteiger partial charge in [0, 0.05) is 12.1 Å². The van der Waals surface area contributed by atoms with Crippen LogP contribution in [0.1, 0.15) is 6.42 Å². The molecule has 26 heavy (non-hydrogen) atoms. The molecule has 1 atom stereocenters. The van der Waals surface area contributed by atoms with E-state index in [-0.39, 0.29) is 16.8 Å². The smallest absolute Gasteiger partial charge is 0.293 e. The average molecular weight is 385 g/mol. The third-order valence-corrected chi connectivity index (χ3v) is 4.83. The van der Waals surface area contributed by atoms with E-state index in [2.05, 4.69) is 10.6 Å². The fourth-order valence-corrected chi connectivity index (χ4v) is 3.64. The Balaban J connectivity index is 1.57. The number of carbonyl (C=O) groups excluding carboxylic acids is 3. The summed E-state index contributed by atoms with van der Waals surface area (Å²) < 4.78 is 0. The molecule has 1 aliphatic heterocycles. The number of para-hydroxylation sites is 2. The van der Waals surface area contributed by atoms with Gasteiger partial charge in [0.05, 0.1) is 5.69 Å². The molecule has 132 valence electrons. The van der Waals surface area contributed by atoms with Crippen LogP contribution in [-0.2, 0) is 9.59 Å². The van der Waals surface area contributed by atoms with Gasteiger partial charge in [-0.05, 0) is 48.2 Å². The summed E-state index contributed by atoms with van der Waals surface area (Å²) in [6, 6.07) is 17.8. The number of nitrogens with one attached hydrogen (secondary N) is 2. The Morgan fingerprint density at radius 3 is 2.31 bits per heavy atom. The van der Waals surface area contributed by atoms with Crippen molar-refractivity contribution in [3.8, 4) is 0 Å². The van der Waals surface area contributed by atoms with Gasteiger partial charge in [0.25, 0.3) is 5.24 Å². The van der Waals surface area contributed by atoms with Gasteiger partial charge in [-0.3, -0.25) is 14.4 Å². The molecule has 2 aromatic rings. The van der Waals surface area contributed by atoms with Gasteiger partial charge in [0.2, 0.25) is 11.8 Å². The summed E-state index contributed by atoms with van der Waals surface area (Å²) in [4.78, 5) is 37.9. The first-order valence-electron chi connectivity index (χ1n) is 7.80. The first kappa shape index (κ1) is 18.1. The number of nitrogens with zero attached hydrogens (tertiary/aromatic N) is 1. The highest BCUT2D eigenvalue weighted by atomic mass is 32.2. The maximum atomic E-state index is 12.5. The highest BCUT2D eigenvalue weighted by Gasteiger charge is 2.41. The Morgan fingerprint density at radius 1 is 1.04 bits per heavy atom. The predicted octanol–water partition coefficient (Wildman–Crippen LogP) is 3.16. The van der Waals surface area contributed by atoms with Crippen LogP contribution in [0, 0.1) is 0 Å². The maximum absolute atomic E-state index is 12.5. The summed E-state index contributed by atoms with van der Waals surface area (Å²) >= 11 is 5.94. The minimum Gasteiger partial charge on any atom is -0.332 e. The number of thiocarbonyl (C=S) groups is 1. The zero-order valence-corrected chi connectivity index (χ0v) is 15.2. The monoisotopic (exact) mass is 385 g/mol. The van der Waals surface area contributed by atoms with Gasteiger partial charge in [-0.25, -0.2) is 4.90 Å². The number of thioether (sulfide) groups is 1. The van der Waals surface area contributed by atoms with Crippen LogP contribution in [0.4, 0.5) is 16.2 Å². The molecular formula is C18H15N3O3S2.